The molecule has 1 saturated heterocycles. The predicted octanol–water partition coefficient (Wildman–Crippen LogP) is 6.74. The molecule has 7 heteroatoms. The van der Waals surface area contributed by atoms with Gasteiger partial charge >= 0.3 is 6.09 Å². The van der Waals surface area contributed by atoms with Crippen LogP contribution in [0, 0.1) is 5.92 Å². The highest BCUT2D eigenvalue weighted by molar-refractivity contribution is 6.74. The average Bonchev–Trinajstić information content (AvgIpc) is 3.25. The molecule has 0 aromatic heterocycles. The number of nitrogens with zero attached hydrogens (tertiary/aromatic N) is 1. The maximum absolute atomic E-state index is 14.2. The molecule has 1 N–H and O–H groups in total. The molecule has 2 aromatic rings. The van der Waals surface area contributed by atoms with Crippen molar-refractivity contribution < 1.29 is 23.9 Å². The summed E-state index contributed by atoms with van der Waals surface area (Å²) in [7, 11) is -2.18. The van der Waals surface area contributed by atoms with E-state index in [0.717, 1.165) is 24.0 Å². The molecule has 0 bridgehead atoms. The number of carbonyl (C=O) groups excluding carboxylic acids is 2. The lowest BCUT2D eigenvalue weighted by molar-refractivity contribution is -0.140. The second-order valence-electron chi connectivity index (χ2n) is 12.0. The number of ether oxygens (including phenoxy) is 1. The minimum absolute atomic E-state index is 0.0354. The second-order valence-corrected chi connectivity index (χ2v) is 16.7. The van der Waals surface area contributed by atoms with Gasteiger partial charge in [0.1, 0.15) is 6.61 Å². The Balaban J connectivity index is 1.96. The highest BCUT2D eigenvalue weighted by atomic mass is 28.4. The van der Waals surface area contributed by atoms with Crippen molar-refractivity contribution in [3.05, 3.63) is 71.8 Å². The monoisotopic (exact) mass is 539 g/mol. The van der Waals surface area contributed by atoms with Crippen molar-refractivity contribution in [2.24, 2.45) is 5.92 Å². The van der Waals surface area contributed by atoms with Crippen LogP contribution in [0.1, 0.15) is 70.9 Å². The molecule has 0 radical (unpaired) electrons. The van der Waals surface area contributed by atoms with E-state index < -0.39 is 38.6 Å². The normalized spacial score (nSPS) is 18.8. The van der Waals surface area contributed by atoms with Gasteiger partial charge in [0.2, 0.25) is 5.91 Å². The number of aliphatic hydroxyl groups excluding tert-OH is 1. The largest absolute Gasteiger partial charge is 0.447 e. The first-order chi connectivity index (χ1) is 17.9. The van der Waals surface area contributed by atoms with Crippen molar-refractivity contribution >= 4 is 20.3 Å². The van der Waals surface area contributed by atoms with Crippen molar-refractivity contribution in [3.8, 4) is 0 Å². The van der Waals surface area contributed by atoms with Crippen molar-refractivity contribution in [2.45, 2.75) is 96.2 Å². The summed E-state index contributed by atoms with van der Waals surface area (Å²) in [6.07, 6.45) is -0.127. The summed E-state index contributed by atoms with van der Waals surface area (Å²) < 4.78 is 12.0. The zero-order valence-electron chi connectivity index (χ0n) is 24.0. The molecule has 38 heavy (non-hydrogen) atoms. The molecule has 1 heterocycles. The fourth-order valence-electron chi connectivity index (χ4n) is 4.97. The van der Waals surface area contributed by atoms with Crippen molar-refractivity contribution in [1.82, 2.24) is 4.90 Å². The fraction of sp³-hybridized carbons (Fsp3) is 0.548. The number of cyclic esters (lactones) is 1. The van der Waals surface area contributed by atoms with Crippen LogP contribution in [0.2, 0.25) is 18.1 Å². The number of unbranched alkanes of at least 4 members (excludes halogenated alkanes) is 1. The number of benzene rings is 2. The van der Waals surface area contributed by atoms with Crippen LogP contribution in [0.5, 0.6) is 0 Å². The first-order valence-corrected chi connectivity index (χ1v) is 16.8. The summed E-state index contributed by atoms with van der Waals surface area (Å²) in [5, 5.41) is 11.5. The quantitative estimate of drug-likeness (QED) is 0.320. The highest BCUT2D eigenvalue weighted by Crippen LogP contribution is 2.39. The first kappa shape index (κ1) is 30.1. The summed E-state index contributed by atoms with van der Waals surface area (Å²) in [6, 6.07) is 19.3. The summed E-state index contributed by atoms with van der Waals surface area (Å²) >= 11 is 0. The molecular formula is C31H45NO5Si. The Hall–Kier alpha value is -2.48. The van der Waals surface area contributed by atoms with E-state index in [1.54, 1.807) is 0 Å². The summed E-state index contributed by atoms with van der Waals surface area (Å²) in [6.45, 7) is 14.7. The Bertz CT molecular complexity index is 1010. The van der Waals surface area contributed by atoms with Gasteiger partial charge in [-0.3, -0.25) is 4.79 Å². The Morgan fingerprint density at radius 1 is 1.08 bits per heavy atom. The molecule has 2 aromatic carbocycles. The van der Waals surface area contributed by atoms with Crippen LogP contribution in [0.3, 0.4) is 0 Å². The van der Waals surface area contributed by atoms with Crippen molar-refractivity contribution in [1.29, 1.82) is 0 Å². The molecule has 1 fully saturated rings. The number of hydrogen-bond acceptors (Lipinski definition) is 5. The SMILES string of the molecule is CCCC[C@@H](C(=O)N1C(=O)OC[C@H]1C(c1ccccc1)c1ccccc1)[C@@H](O)[C@@H](C)O[Si](C)(C)C(C)(C)C. The van der Waals surface area contributed by atoms with E-state index >= 15 is 0 Å². The van der Waals surface area contributed by atoms with Crippen molar-refractivity contribution in [2.75, 3.05) is 6.61 Å². The van der Waals surface area contributed by atoms with Crippen molar-refractivity contribution in [3.63, 3.8) is 0 Å². The standard InChI is InChI=1S/C31H45NO5Si/c1-8-9-20-25(28(33)22(2)37-38(6,7)31(3,4)5)29(34)32-26(21-36-30(32)35)27(23-16-12-10-13-17-23)24-18-14-11-15-19-24/h10-19,22,25-28,33H,8-9,20-21H2,1-7H3/t22-,25-,26+,28+/m1/s1. The smallest absolute Gasteiger partial charge is 0.417 e. The number of aliphatic hydroxyl groups is 1. The fourth-order valence-corrected chi connectivity index (χ4v) is 6.40. The summed E-state index contributed by atoms with van der Waals surface area (Å²) in [4.78, 5) is 28.5. The van der Waals surface area contributed by atoms with Crippen LogP contribution in [0.4, 0.5) is 4.79 Å². The van der Waals surface area contributed by atoms with Crippen LogP contribution in [-0.4, -0.2) is 55.2 Å². The molecule has 2 amide bonds. The minimum atomic E-state index is -2.18. The van der Waals surface area contributed by atoms with E-state index in [2.05, 4.69) is 40.8 Å². The predicted molar refractivity (Wildman–Crippen MR) is 153 cm³/mol. The van der Waals surface area contributed by atoms with Gasteiger partial charge in [-0.2, -0.15) is 0 Å². The minimum Gasteiger partial charge on any atom is -0.447 e. The number of imide groups is 1. The maximum Gasteiger partial charge on any atom is 0.417 e. The van der Waals surface area contributed by atoms with Crippen LogP contribution in [0.15, 0.2) is 60.7 Å². The third-order valence-electron chi connectivity index (χ3n) is 8.21. The number of amides is 2. The molecule has 0 unspecified atom stereocenters. The zero-order valence-corrected chi connectivity index (χ0v) is 25.0. The van der Waals surface area contributed by atoms with Crippen LogP contribution < -0.4 is 0 Å². The Morgan fingerprint density at radius 2 is 1.61 bits per heavy atom. The Kier molecular flexibility index (Phi) is 9.95. The van der Waals surface area contributed by atoms with E-state index in [9.17, 15) is 14.7 Å². The highest BCUT2D eigenvalue weighted by Gasteiger charge is 2.48. The average molecular weight is 540 g/mol. The van der Waals surface area contributed by atoms with Gasteiger partial charge in [0.25, 0.3) is 0 Å². The third kappa shape index (κ3) is 6.74. The van der Waals surface area contributed by atoms with Gasteiger partial charge in [-0.15, -0.1) is 0 Å². The van der Waals surface area contributed by atoms with Gasteiger partial charge < -0.3 is 14.3 Å². The number of hydrogen-bond donors (Lipinski definition) is 1. The molecule has 0 spiro atoms. The van der Waals surface area contributed by atoms with E-state index in [0.29, 0.717) is 6.42 Å². The van der Waals surface area contributed by atoms with Crippen LogP contribution >= 0.6 is 0 Å². The molecular weight excluding hydrogens is 494 g/mol. The zero-order chi connectivity index (χ0) is 28.1. The lowest BCUT2D eigenvalue weighted by Gasteiger charge is -2.41. The van der Waals surface area contributed by atoms with Gasteiger partial charge in [0.15, 0.2) is 8.32 Å². The second kappa shape index (κ2) is 12.6. The van der Waals surface area contributed by atoms with E-state index in [-0.39, 0.29) is 23.5 Å². The lowest BCUT2D eigenvalue weighted by Crippen LogP contribution is -2.52. The molecule has 1 aliphatic rings. The van der Waals surface area contributed by atoms with Crippen LogP contribution in [0.25, 0.3) is 0 Å². The number of carbonyl (C=O) groups is 2. The van der Waals surface area contributed by atoms with E-state index in [1.807, 2.05) is 67.6 Å². The van der Waals surface area contributed by atoms with Gasteiger partial charge in [0, 0.05) is 5.92 Å². The molecule has 3 rings (SSSR count). The molecule has 208 valence electrons. The lowest BCUT2D eigenvalue weighted by atomic mass is 9.84. The summed E-state index contributed by atoms with van der Waals surface area (Å²) in [5.74, 6) is -1.41. The molecule has 6 nitrogen and oxygen atoms in total. The van der Waals surface area contributed by atoms with Gasteiger partial charge in [-0.25, -0.2) is 9.69 Å². The topological polar surface area (TPSA) is 76.1 Å². The molecule has 0 saturated carbocycles. The maximum atomic E-state index is 14.2. The Morgan fingerprint density at radius 3 is 2.08 bits per heavy atom. The van der Waals surface area contributed by atoms with E-state index in [1.165, 1.54) is 4.90 Å². The number of rotatable bonds is 11. The Labute approximate surface area is 229 Å². The third-order valence-corrected chi connectivity index (χ3v) is 12.8. The molecule has 4 atom stereocenters. The van der Waals surface area contributed by atoms with Gasteiger partial charge in [-0.1, -0.05) is 101 Å². The van der Waals surface area contributed by atoms with Gasteiger partial charge in [0.05, 0.1) is 24.2 Å². The van der Waals surface area contributed by atoms with E-state index in [4.69, 9.17) is 9.16 Å². The first-order valence-electron chi connectivity index (χ1n) is 13.8. The molecule has 0 aliphatic carbocycles. The summed E-state index contributed by atoms with van der Waals surface area (Å²) in [5.41, 5.74) is 2.00. The van der Waals surface area contributed by atoms with Crippen LogP contribution in [-0.2, 0) is 14.0 Å². The van der Waals surface area contributed by atoms with Gasteiger partial charge in [-0.05, 0) is 42.6 Å². The molecule has 1 aliphatic heterocycles.